The second-order valence-electron chi connectivity index (χ2n) is 9.99. The molecule has 2 fully saturated rings. The molecule has 2 aliphatic rings. The van der Waals surface area contributed by atoms with Gasteiger partial charge in [-0.25, -0.2) is 0 Å². The Hall–Kier alpha value is -3.00. The highest BCUT2D eigenvalue weighted by Gasteiger charge is 2.58. The van der Waals surface area contributed by atoms with E-state index in [4.69, 9.17) is 87.6 Å². The van der Waals surface area contributed by atoms with Gasteiger partial charge in [-0.3, -0.25) is 34.2 Å². The molecule has 0 saturated carbocycles. The molecule has 0 aliphatic carbocycles. The van der Waals surface area contributed by atoms with Crippen molar-refractivity contribution in [3.63, 3.8) is 0 Å². The number of ether oxygens (including phenoxy) is 10. The van der Waals surface area contributed by atoms with Gasteiger partial charge in [0.1, 0.15) is 24.9 Å². The molecule has 2 saturated heterocycles. The van der Waals surface area contributed by atoms with Crippen LogP contribution in [0, 0.1) is 5.41 Å². The van der Waals surface area contributed by atoms with E-state index in [-0.39, 0.29) is 0 Å². The van der Waals surface area contributed by atoms with Gasteiger partial charge in [-0.2, -0.15) is 0 Å². The summed E-state index contributed by atoms with van der Waals surface area (Å²) < 4.78 is 52.3. The molecular weight excluding hydrogens is 705 g/mol. The van der Waals surface area contributed by atoms with Crippen LogP contribution >= 0.6 is 34.8 Å². The fraction of sp³-hybridized carbons (Fsp3) is 0.731. The molecule has 0 aromatic heterocycles. The zero-order valence-corrected chi connectivity index (χ0v) is 28.1. The lowest BCUT2D eigenvalue weighted by Gasteiger charge is -2.48. The largest absolute Gasteiger partial charge is 0.465 e. The SMILES string of the molecule is CC(=O)OC[C@H]1O[C@@H](O[C@H]2[C@H](OC(C)=O)[C@@H](OC(C)=O)[C@H](OC(C)=O)O[C@@H]2CO)[C@H](OC(=N)C(Cl)(Cl)Cl)[C@@H](OC(C)=O)[C@H]1OC(C)=O. The summed E-state index contributed by atoms with van der Waals surface area (Å²) in [6.07, 6.45) is -16.9. The Labute approximate surface area is 282 Å². The normalized spacial score (nSPS) is 30.6. The topological polar surface area (TPSA) is 239 Å². The number of aliphatic hydroxyl groups excluding tert-OH is 1. The van der Waals surface area contributed by atoms with Gasteiger partial charge >= 0.3 is 35.8 Å². The lowest BCUT2D eigenvalue weighted by molar-refractivity contribution is -0.355. The van der Waals surface area contributed by atoms with Crippen LogP contribution in [0.5, 0.6) is 0 Å². The van der Waals surface area contributed by atoms with Crippen molar-refractivity contribution in [1.29, 1.82) is 5.41 Å². The summed E-state index contributed by atoms with van der Waals surface area (Å²) in [5.41, 5.74) is 0. The van der Waals surface area contributed by atoms with E-state index in [9.17, 15) is 33.9 Å². The van der Waals surface area contributed by atoms with Crippen molar-refractivity contribution in [3.05, 3.63) is 0 Å². The number of esters is 6. The summed E-state index contributed by atoms with van der Waals surface area (Å²) in [6.45, 7) is 4.56. The van der Waals surface area contributed by atoms with Crippen LogP contribution < -0.4 is 0 Å². The zero-order chi connectivity index (χ0) is 35.8. The van der Waals surface area contributed by atoms with Crippen molar-refractivity contribution in [1.82, 2.24) is 0 Å². The van der Waals surface area contributed by atoms with Crippen molar-refractivity contribution in [2.45, 2.75) is 107 Å². The van der Waals surface area contributed by atoms with E-state index in [2.05, 4.69) is 0 Å². The van der Waals surface area contributed by atoms with Crippen LogP contribution in [0.15, 0.2) is 0 Å². The minimum Gasteiger partial charge on any atom is -0.465 e. The molecule has 0 unspecified atom stereocenters. The molecule has 2 N–H and O–H groups in total. The Bertz CT molecular complexity index is 1200. The molecule has 0 aromatic rings. The molecule has 266 valence electrons. The maximum absolute atomic E-state index is 12.3. The van der Waals surface area contributed by atoms with Crippen LogP contribution in [0.25, 0.3) is 0 Å². The summed E-state index contributed by atoms with van der Waals surface area (Å²) in [7, 11) is 0. The third-order valence-corrected chi connectivity index (χ3v) is 6.62. The van der Waals surface area contributed by atoms with Gasteiger partial charge in [0.2, 0.25) is 18.3 Å². The van der Waals surface area contributed by atoms with Crippen molar-refractivity contribution >= 4 is 76.5 Å². The molecule has 0 spiro atoms. The molecule has 18 nitrogen and oxygen atoms in total. The third kappa shape index (κ3) is 11.9. The Kier molecular flexibility index (Phi) is 14.9. The molecule has 2 rings (SSSR count). The van der Waals surface area contributed by atoms with Crippen LogP contribution in [0.4, 0.5) is 0 Å². The van der Waals surface area contributed by atoms with Crippen molar-refractivity contribution in [2.24, 2.45) is 0 Å². The van der Waals surface area contributed by atoms with E-state index >= 15 is 0 Å². The minimum absolute atomic E-state index is 0.623. The molecule has 2 aliphatic heterocycles. The zero-order valence-electron chi connectivity index (χ0n) is 25.8. The number of rotatable bonds is 11. The summed E-state index contributed by atoms with van der Waals surface area (Å²) in [5.74, 6) is -6.48. The van der Waals surface area contributed by atoms with Crippen LogP contribution in [-0.4, -0.2) is 125 Å². The van der Waals surface area contributed by atoms with Gasteiger partial charge in [0.15, 0.2) is 30.7 Å². The highest BCUT2D eigenvalue weighted by atomic mass is 35.6. The average molecular weight is 739 g/mol. The van der Waals surface area contributed by atoms with Gasteiger partial charge in [0.25, 0.3) is 3.79 Å². The number of aliphatic hydroxyl groups is 1. The monoisotopic (exact) mass is 737 g/mol. The molecule has 0 aromatic carbocycles. The quantitative estimate of drug-likeness (QED) is 0.0959. The first kappa shape index (κ1) is 40.2. The molecule has 47 heavy (non-hydrogen) atoms. The number of carbonyl (C=O) groups is 6. The van der Waals surface area contributed by atoms with Crippen LogP contribution in [-0.2, 0) is 76.1 Å². The minimum atomic E-state index is -2.50. The second-order valence-corrected chi connectivity index (χ2v) is 12.3. The molecule has 2 heterocycles. The van der Waals surface area contributed by atoms with E-state index in [1.165, 1.54) is 0 Å². The maximum Gasteiger partial charge on any atom is 0.305 e. The summed E-state index contributed by atoms with van der Waals surface area (Å²) in [6, 6.07) is 0. The van der Waals surface area contributed by atoms with E-state index in [1.807, 2.05) is 0 Å². The average Bonchev–Trinajstić information content (AvgIpc) is 2.91. The number of alkyl halides is 3. The van der Waals surface area contributed by atoms with E-state index in [0.717, 1.165) is 41.5 Å². The van der Waals surface area contributed by atoms with E-state index in [0.29, 0.717) is 0 Å². The fourth-order valence-corrected chi connectivity index (χ4v) is 4.69. The predicted molar refractivity (Wildman–Crippen MR) is 153 cm³/mol. The first-order chi connectivity index (χ1) is 21.7. The van der Waals surface area contributed by atoms with Gasteiger partial charge in [0, 0.05) is 41.5 Å². The Balaban J connectivity index is 2.74. The lowest BCUT2D eigenvalue weighted by atomic mass is 9.96. The van der Waals surface area contributed by atoms with Gasteiger partial charge in [-0.15, -0.1) is 0 Å². The molecule has 10 atom stereocenters. The van der Waals surface area contributed by atoms with Gasteiger partial charge < -0.3 is 52.5 Å². The standard InChI is InChI=1S/C26H34Cl3NO17/c1-9(32)38-8-16-18(39-10(2)33)20(41-12(4)35)22(47-25(30)26(27,28)29)24(45-16)46-17-15(7-31)44-23(43-14(6)37)21(42-13(5)36)19(17)40-11(3)34/h15-24,30-31H,7-8H2,1-6H3/t15-,16-,17-,18+,19+,20+,21-,22-,23-,24+/m1/s1. The summed E-state index contributed by atoms with van der Waals surface area (Å²) in [4.78, 5) is 72.1. The highest BCUT2D eigenvalue weighted by molar-refractivity contribution is 6.76. The van der Waals surface area contributed by atoms with E-state index < -0.39 is 120 Å². The van der Waals surface area contributed by atoms with Crippen LogP contribution in [0.3, 0.4) is 0 Å². The third-order valence-electron chi connectivity index (χ3n) is 6.11. The molecule has 0 amide bonds. The Morgan fingerprint density at radius 3 is 1.47 bits per heavy atom. The summed E-state index contributed by atoms with van der Waals surface area (Å²) >= 11 is 17.5. The lowest BCUT2D eigenvalue weighted by Crippen LogP contribution is -2.67. The van der Waals surface area contributed by atoms with Crippen molar-refractivity contribution in [2.75, 3.05) is 13.2 Å². The number of halogens is 3. The predicted octanol–water partition coefficient (Wildman–Crippen LogP) is 0.399. The smallest absolute Gasteiger partial charge is 0.305 e. The van der Waals surface area contributed by atoms with Crippen molar-refractivity contribution in [3.8, 4) is 0 Å². The second kappa shape index (κ2) is 17.4. The Morgan fingerprint density at radius 2 is 1.02 bits per heavy atom. The maximum atomic E-state index is 12.3. The van der Waals surface area contributed by atoms with Gasteiger partial charge in [-0.05, 0) is 0 Å². The van der Waals surface area contributed by atoms with Crippen molar-refractivity contribution < 1.29 is 81.2 Å². The summed E-state index contributed by atoms with van der Waals surface area (Å²) in [5, 5.41) is 18.4. The van der Waals surface area contributed by atoms with E-state index in [1.54, 1.807) is 0 Å². The van der Waals surface area contributed by atoms with Crippen LogP contribution in [0.1, 0.15) is 41.5 Å². The first-order valence-corrected chi connectivity index (χ1v) is 14.8. The molecule has 0 radical (unpaired) electrons. The highest BCUT2D eigenvalue weighted by Crippen LogP contribution is 2.37. The first-order valence-electron chi connectivity index (χ1n) is 13.6. The molecule has 0 bridgehead atoms. The van der Waals surface area contributed by atoms with Gasteiger partial charge in [0.05, 0.1) is 6.61 Å². The van der Waals surface area contributed by atoms with Gasteiger partial charge in [-0.1, -0.05) is 34.8 Å². The fourth-order valence-electron chi connectivity index (χ4n) is 4.56. The molecule has 21 heteroatoms. The molecular formula is C26H34Cl3NO17. The Morgan fingerprint density at radius 1 is 0.596 bits per heavy atom. The number of nitrogens with one attached hydrogen (secondary N) is 1. The van der Waals surface area contributed by atoms with Crippen LogP contribution in [0.2, 0.25) is 0 Å². The number of hydrogen-bond donors (Lipinski definition) is 2. The number of carbonyl (C=O) groups excluding carboxylic acids is 6. The number of hydrogen-bond acceptors (Lipinski definition) is 18.